The van der Waals surface area contributed by atoms with Crippen molar-refractivity contribution in [2.24, 2.45) is 0 Å². The first-order valence-corrected chi connectivity index (χ1v) is 6.94. The minimum Gasteiger partial charge on any atom is -0.499 e. The number of para-hydroxylation sites is 1. The molecule has 2 N–H and O–H groups in total. The Morgan fingerprint density at radius 2 is 1.83 bits per heavy atom. The number of benzene rings is 2. The predicted octanol–water partition coefficient (Wildman–Crippen LogP) is 2.02. The lowest BCUT2D eigenvalue weighted by Crippen LogP contribution is -2.40. The number of aromatic hydroxyl groups is 1. The van der Waals surface area contributed by atoms with Crippen LogP contribution in [0, 0.1) is 10.1 Å². The van der Waals surface area contributed by atoms with Crippen molar-refractivity contribution in [1.29, 1.82) is 0 Å². The van der Waals surface area contributed by atoms with Crippen molar-refractivity contribution in [3.05, 3.63) is 64.2 Å². The van der Waals surface area contributed by atoms with E-state index in [4.69, 9.17) is 4.74 Å². The Hall–Kier alpha value is -3.42. The van der Waals surface area contributed by atoms with Gasteiger partial charge in [0, 0.05) is 11.6 Å². The molecule has 0 fully saturated rings. The topological polar surface area (TPSA) is 119 Å². The molecule has 8 heteroatoms. The average Bonchev–Trinajstić information content (AvgIpc) is 2.57. The van der Waals surface area contributed by atoms with Crippen LogP contribution in [-0.4, -0.2) is 27.9 Å². The fraction of sp³-hybridized carbons (Fsp3) is 0.125. The number of hydrogen-bond acceptors (Lipinski definition) is 6. The second kappa shape index (κ2) is 7.23. The second-order valence-electron chi connectivity index (χ2n) is 4.86. The molecule has 0 saturated carbocycles. The number of nitrogens with zero attached hydrogens (tertiary/aromatic N) is 1. The first-order chi connectivity index (χ1) is 11.4. The Morgan fingerprint density at radius 1 is 1.17 bits per heavy atom. The predicted molar refractivity (Wildman–Crippen MR) is 83.8 cm³/mol. The second-order valence-corrected chi connectivity index (χ2v) is 4.86. The van der Waals surface area contributed by atoms with Crippen molar-refractivity contribution < 1.29 is 24.4 Å². The average molecular weight is 330 g/mol. The number of carbonyl (C=O) groups excluding carboxylic acids is 2. The zero-order valence-corrected chi connectivity index (χ0v) is 12.6. The lowest BCUT2D eigenvalue weighted by Gasteiger charge is -2.13. The van der Waals surface area contributed by atoms with Crippen LogP contribution >= 0.6 is 0 Å². The third-order valence-corrected chi connectivity index (χ3v) is 3.12. The molecule has 0 aliphatic carbocycles. The summed E-state index contributed by atoms with van der Waals surface area (Å²) in [6.07, 6.45) is 0. The SMILES string of the molecule is C[C@H](NC(=O)c1ccccc1)C(=O)Oc1cccc([N+](=O)[O-])c1O. The number of phenols is 1. The number of nitro benzene ring substituents is 1. The van der Waals surface area contributed by atoms with Gasteiger partial charge in [-0.05, 0) is 25.1 Å². The van der Waals surface area contributed by atoms with Crippen LogP contribution in [0.4, 0.5) is 5.69 Å². The van der Waals surface area contributed by atoms with Crippen LogP contribution < -0.4 is 10.1 Å². The summed E-state index contributed by atoms with van der Waals surface area (Å²) >= 11 is 0. The molecule has 124 valence electrons. The van der Waals surface area contributed by atoms with Crippen LogP contribution in [0.15, 0.2) is 48.5 Å². The number of nitrogens with one attached hydrogen (secondary N) is 1. The molecule has 2 aromatic carbocycles. The number of nitro groups is 1. The molecule has 0 aliphatic heterocycles. The van der Waals surface area contributed by atoms with Crippen molar-refractivity contribution in [2.45, 2.75) is 13.0 Å². The lowest BCUT2D eigenvalue weighted by atomic mass is 10.2. The molecule has 0 aromatic heterocycles. The molecule has 0 bridgehead atoms. The van der Waals surface area contributed by atoms with Crippen LogP contribution in [0.3, 0.4) is 0 Å². The number of amides is 1. The molecule has 8 nitrogen and oxygen atoms in total. The van der Waals surface area contributed by atoms with Gasteiger partial charge in [0.25, 0.3) is 5.91 Å². The number of carbonyl (C=O) groups is 2. The van der Waals surface area contributed by atoms with Crippen LogP contribution in [0.2, 0.25) is 0 Å². The van der Waals surface area contributed by atoms with Crippen molar-refractivity contribution in [1.82, 2.24) is 5.32 Å². The maximum Gasteiger partial charge on any atom is 0.333 e. The maximum absolute atomic E-state index is 12.0. The number of rotatable bonds is 5. The molecular formula is C16H14N2O6. The molecule has 2 rings (SSSR count). The fourth-order valence-corrected chi connectivity index (χ4v) is 1.87. The zero-order chi connectivity index (χ0) is 17.7. The highest BCUT2D eigenvalue weighted by molar-refractivity contribution is 5.96. The lowest BCUT2D eigenvalue weighted by molar-refractivity contribution is -0.385. The van der Waals surface area contributed by atoms with Crippen LogP contribution in [-0.2, 0) is 4.79 Å². The summed E-state index contributed by atoms with van der Waals surface area (Å²) in [6, 6.07) is 10.8. The Balaban J connectivity index is 2.06. The molecule has 0 radical (unpaired) electrons. The Kier molecular flexibility index (Phi) is 5.10. The third-order valence-electron chi connectivity index (χ3n) is 3.12. The number of hydrogen-bond donors (Lipinski definition) is 2. The van der Waals surface area contributed by atoms with Crippen molar-refractivity contribution >= 4 is 17.6 Å². The van der Waals surface area contributed by atoms with E-state index in [1.54, 1.807) is 30.3 Å². The quantitative estimate of drug-likeness (QED) is 0.375. The first kappa shape index (κ1) is 16.9. The van der Waals surface area contributed by atoms with E-state index in [9.17, 15) is 24.8 Å². The van der Waals surface area contributed by atoms with E-state index in [0.717, 1.165) is 6.07 Å². The molecule has 0 unspecified atom stereocenters. The van der Waals surface area contributed by atoms with Gasteiger partial charge in [-0.3, -0.25) is 14.9 Å². The maximum atomic E-state index is 12.0. The van der Waals surface area contributed by atoms with E-state index in [0.29, 0.717) is 5.56 Å². The summed E-state index contributed by atoms with van der Waals surface area (Å²) in [5.41, 5.74) is -0.211. The standard InChI is InChI=1S/C16H14N2O6/c1-10(17-15(20)11-6-3-2-4-7-11)16(21)24-13-9-5-8-12(14(13)19)18(22)23/h2-10,19H,1H3,(H,17,20)/t10-/m0/s1. The summed E-state index contributed by atoms with van der Waals surface area (Å²) in [5, 5.41) is 22.9. The summed E-state index contributed by atoms with van der Waals surface area (Å²) in [4.78, 5) is 33.9. The minimum absolute atomic E-state index is 0.352. The smallest absolute Gasteiger partial charge is 0.333 e. The van der Waals surface area contributed by atoms with Gasteiger partial charge in [0.2, 0.25) is 5.75 Å². The highest BCUT2D eigenvalue weighted by atomic mass is 16.6. The van der Waals surface area contributed by atoms with Gasteiger partial charge in [-0.15, -0.1) is 0 Å². The van der Waals surface area contributed by atoms with E-state index < -0.39 is 34.3 Å². The van der Waals surface area contributed by atoms with Gasteiger partial charge in [-0.1, -0.05) is 24.3 Å². The summed E-state index contributed by atoms with van der Waals surface area (Å²) in [7, 11) is 0. The first-order valence-electron chi connectivity index (χ1n) is 6.94. The van der Waals surface area contributed by atoms with Crippen LogP contribution in [0.1, 0.15) is 17.3 Å². The number of ether oxygens (including phenoxy) is 1. The van der Waals surface area contributed by atoms with Crippen LogP contribution in [0.25, 0.3) is 0 Å². The molecule has 0 heterocycles. The third kappa shape index (κ3) is 3.86. The van der Waals surface area contributed by atoms with E-state index >= 15 is 0 Å². The van der Waals surface area contributed by atoms with Gasteiger partial charge >= 0.3 is 11.7 Å². The monoisotopic (exact) mass is 330 g/mol. The highest BCUT2D eigenvalue weighted by Crippen LogP contribution is 2.35. The Bertz CT molecular complexity index is 775. The molecule has 24 heavy (non-hydrogen) atoms. The Morgan fingerprint density at radius 3 is 2.46 bits per heavy atom. The summed E-state index contributed by atoms with van der Waals surface area (Å²) in [5.74, 6) is -2.44. The van der Waals surface area contributed by atoms with E-state index in [2.05, 4.69) is 5.32 Å². The van der Waals surface area contributed by atoms with Gasteiger partial charge in [0.05, 0.1) is 4.92 Å². The highest BCUT2D eigenvalue weighted by Gasteiger charge is 2.23. The van der Waals surface area contributed by atoms with Gasteiger partial charge in [0.15, 0.2) is 5.75 Å². The molecule has 1 amide bonds. The van der Waals surface area contributed by atoms with Gasteiger partial charge in [-0.25, -0.2) is 4.79 Å². The normalized spacial score (nSPS) is 11.4. The molecule has 0 aliphatic rings. The zero-order valence-electron chi connectivity index (χ0n) is 12.6. The fourth-order valence-electron chi connectivity index (χ4n) is 1.87. The Labute approximate surface area is 136 Å². The van der Waals surface area contributed by atoms with Crippen molar-refractivity contribution in [2.75, 3.05) is 0 Å². The van der Waals surface area contributed by atoms with Crippen molar-refractivity contribution in [3.63, 3.8) is 0 Å². The van der Waals surface area contributed by atoms with E-state index in [1.165, 1.54) is 19.1 Å². The van der Waals surface area contributed by atoms with Gasteiger partial charge < -0.3 is 15.2 Å². The molecule has 0 spiro atoms. The molecule has 1 atom stereocenters. The van der Waals surface area contributed by atoms with E-state index in [1.807, 2.05) is 0 Å². The molecule has 2 aromatic rings. The number of esters is 1. The largest absolute Gasteiger partial charge is 0.499 e. The van der Waals surface area contributed by atoms with Crippen LogP contribution in [0.5, 0.6) is 11.5 Å². The molecular weight excluding hydrogens is 316 g/mol. The van der Waals surface area contributed by atoms with Gasteiger partial charge in [0.1, 0.15) is 6.04 Å². The van der Waals surface area contributed by atoms with Gasteiger partial charge in [-0.2, -0.15) is 0 Å². The molecule has 0 saturated heterocycles. The summed E-state index contributed by atoms with van der Waals surface area (Å²) in [6.45, 7) is 1.40. The van der Waals surface area contributed by atoms with E-state index in [-0.39, 0.29) is 5.75 Å². The van der Waals surface area contributed by atoms with Crippen molar-refractivity contribution in [3.8, 4) is 11.5 Å². The minimum atomic E-state index is -1.02. The number of phenolic OH excluding ortho intramolecular Hbond substituents is 1. The summed E-state index contributed by atoms with van der Waals surface area (Å²) < 4.78 is 4.93.